The molecule has 0 aliphatic heterocycles. The van der Waals surface area contributed by atoms with Crippen molar-refractivity contribution < 1.29 is 9.18 Å². The van der Waals surface area contributed by atoms with E-state index in [4.69, 9.17) is 5.73 Å². The summed E-state index contributed by atoms with van der Waals surface area (Å²) in [6.07, 6.45) is 1.37. The Balaban J connectivity index is 2.21. The lowest BCUT2D eigenvalue weighted by Gasteiger charge is -2.08. The molecule has 0 saturated carbocycles. The van der Waals surface area contributed by atoms with Gasteiger partial charge in [-0.25, -0.2) is 9.37 Å². The number of rotatable bonds is 2. The minimum absolute atomic E-state index is 0.341. The number of nitrogen functional groups attached to an aromatic ring is 1. The number of nitrogens with two attached hydrogens (primary N) is 1. The van der Waals surface area contributed by atoms with Crippen molar-refractivity contribution in [1.82, 2.24) is 4.98 Å². The van der Waals surface area contributed by atoms with Crippen LogP contribution in [0.3, 0.4) is 0 Å². The first kappa shape index (κ1) is 12.0. The minimum atomic E-state index is -0.358. The van der Waals surface area contributed by atoms with E-state index in [1.165, 1.54) is 18.3 Å². The lowest BCUT2D eigenvalue weighted by molar-refractivity contribution is 0.102. The summed E-state index contributed by atoms with van der Waals surface area (Å²) in [5.74, 6) is -0.368. The van der Waals surface area contributed by atoms with Crippen LogP contribution < -0.4 is 11.1 Å². The fourth-order valence-electron chi connectivity index (χ4n) is 1.48. The molecule has 1 aromatic heterocycles. The zero-order valence-electron chi connectivity index (χ0n) is 9.77. The number of carbonyl (C=O) groups excluding carboxylic acids is 1. The Labute approximate surface area is 104 Å². The lowest BCUT2D eigenvalue weighted by Crippen LogP contribution is -2.13. The molecule has 92 valence electrons. The highest BCUT2D eigenvalue weighted by atomic mass is 19.1. The number of anilines is 2. The van der Waals surface area contributed by atoms with Crippen LogP contribution in [0.25, 0.3) is 0 Å². The maximum atomic E-state index is 13.3. The average Bonchev–Trinajstić information content (AvgIpc) is 2.36. The summed E-state index contributed by atoms with van der Waals surface area (Å²) in [6, 6.07) is 7.62. The number of nitrogens with zero attached hydrogens (tertiary/aromatic N) is 1. The molecule has 1 amide bonds. The van der Waals surface area contributed by atoms with Crippen LogP contribution in [-0.2, 0) is 0 Å². The van der Waals surface area contributed by atoms with Crippen LogP contribution in [0.15, 0.2) is 36.5 Å². The summed E-state index contributed by atoms with van der Waals surface area (Å²) >= 11 is 0. The first-order valence-corrected chi connectivity index (χ1v) is 5.36. The number of nitrogens with one attached hydrogen (secondary N) is 1. The van der Waals surface area contributed by atoms with Crippen molar-refractivity contribution in [3.63, 3.8) is 0 Å². The largest absolute Gasteiger partial charge is 0.384 e. The average molecular weight is 245 g/mol. The molecular formula is C13H12FN3O. The molecule has 5 heteroatoms. The van der Waals surface area contributed by atoms with Crippen molar-refractivity contribution in [3.8, 4) is 0 Å². The van der Waals surface area contributed by atoms with Gasteiger partial charge < -0.3 is 11.1 Å². The molecule has 2 rings (SSSR count). The monoisotopic (exact) mass is 245 g/mol. The van der Waals surface area contributed by atoms with Crippen LogP contribution in [0.4, 0.5) is 15.9 Å². The third kappa shape index (κ3) is 2.45. The van der Waals surface area contributed by atoms with E-state index in [0.717, 1.165) is 0 Å². The van der Waals surface area contributed by atoms with Gasteiger partial charge in [0.2, 0.25) is 0 Å². The van der Waals surface area contributed by atoms with Crippen LogP contribution in [-0.4, -0.2) is 10.9 Å². The minimum Gasteiger partial charge on any atom is -0.384 e. The summed E-state index contributed by atoms with van der Waals surface area (Å²) < 4.78 is 13.3. The predicted molar refractivity (Wildman–Crippen MR) is 67.7 cm³/mol. The van der Waals surface area contributed by atoms with E-state index in [9.17, 15) is 9.18 Å². The Morgan fingerprint density at radius 1 is 1.33 bits per heavy atom. The van der Waals surface area contributed by atoms with E-state index in [1.807, 2.05) is 0 Å². The van der Waals surface area contributed by atoms with Crippen LogP contribution in [0, 0.1) is 12.7 Å². The van der Waals surface area contributed by atoms with Crippen molar-refractivity contribution >= 4 is 17.4 Å². The Bertz CT molecular complexity index is 581. The zero-order chi connectivity index (χ0) is 13.1. The molecule has 0 radical (unpaired) electrons. The molecule has 3 N–H and O–H groups in total. The van der Waals surface area contributed by atoms with Gasteiger partial charge in [-0.15, -0.1) is 0 Å². The van der Waals surface area contributed by atoms with E-state index in [2.05, 4.69) is 10.3 Å². The van der Waals surface area contributed by atoms with E-state index < -0.39 is 0 Å². The standard InChI is InChI=1S/C13H12FN3O/c1-8-10(14)3-2-4-11(8)17-13(18)9-5-6-12(15)16-7-9/h2-7H,1H3,(H2,15,16)(H,17,18). The molecule has 0 aliphatic rings. The SMILES string of the molecule is Cc1c(F)cccc1NC(=O)c1ccc(N)nc1. The van der Waals surface area contributed by atoms with Crippen LogP contribution in [0.1, 0.15) is 15.9 Å². The van der Waals surface area contributed by atoms with Gasteiger partial charge in [0, 0.05) is 17.4 Å². The molecule has 2 aromatic rings. The van der Waals surface area contributed by atoms with Gasteiger partial charge in [-0.3, -0.25) is 4.79 Å². The second-order valence-electron chi connectivity index (χ2n) is 3.84. The van der Waals surface area contributed by atoms with Crippen molar-refractivity contribution in [3.05, 3.63) is 53.5 Å². The number of amides is 1. The van der Waals surface area contributed by atoms with Crippen LogP contribution in [0.5, 0.6) is 0 Å². The third-order valence-electron chi connectivity index (χ3n) is 2.56. The predicted octanol–water partition coefficient (Wildman–Crippen LogP) is 2.36. The molecular weight excluding hydrogens is 233 g/mol. The normalized spacial score (nSPS) is 10.1. The van der Waals surface area contributed by atoms with E-state index in [0.29, 0.717) is 22.6 Å². The second-order valence-corrected chi connectivity index (χ2v) is 3.84. The Kier molecular flexibility index (Phi) is 3.23. The van der Waals surface area contributed by atoms with Crippen molar-refractivity contribution in [2.45, 2.75) is 6.92 Å². The number of aromatic nitrogens is 1. The number of carbonyl (C=O) groups is 1. The molecule has 0 unspecified atom stereocenters. The summed E-state index contributed by atoms with van der Waals surface area (Å²) in [7, 11) is 0. The quantitative estimate of drug-likeness (QED) is 0.853. The smallest absolute Gasteiger partial charge is 0.257 e. The highest BCUT2D eigenvalue weighted by Crippen LogP contribution is 2.18. The van der Waals surface area contributed by atoms with Gasteiger partial charge in [0.05, 0.1) is 5.56 Å². The lowest BCUT2D eigenvalue weighted by atomic mass is 10.1. The maximum absolute atomic E-state index is 13.3. The molecule has 0 bridgehead atoms. The van der Waals surface area contributed by atoms with E-state index in [1.54, 1.807) is 25.1 Å². The number of benzene rings is 1. The van der Waals surface area contributed by atoms with Gasteiger partial charge in [-0.05, 0) is 31.2 Å². The number of hydrogen-bond donors (Lipinski definition) is 2. The Morgan fingerprint density at radius 3 is 2.78 bits per heavy atom. The molecule has 18 heavy (non-hydrogen) atoms. The van der Waals surface area contributed by atoms with Crippen molar-refractivity contribution in [1.29, 1.82) is 0 Å². The fraction of sp³-hybridized carbons (Fsp3) is 0.0769. The summed E-state index contributed by atoms with van der Waals surface area (Å²) in [4.78, 5) is 15.7. The first-order chi connectivity index (χ1) is 8.58. The summed E-state index contributed by atoms with van der Waals surface area (Å²) in [5.41, 5.74) is 6.64. The van der Waals surface area contributed by atoms with E-state index >= 15 is 0 Å². The highest BCUT2D eigenvalue weighted by Gasteiger charge is 2.09. The van der Waals surface area contributed by atoms with Crippen molar-refractivity contribution in [2.75, 3.05) is 11.1 Å². The van der Waals surface area contributed by atoms with Crippen LogP contribution >= 0.6 is 0 Å². The molecule has 0 fully saturated rings. The van der Waals surface area contributed by atoms with Gasteiger partial charge in [-0.2, -0.15) is 0 Å². The molecule has 0 atom stereocenters. The van der Waals surface area contributed by atoms with E-state index in [-0.39, 0.29) is 11.7 Å². The van der Waals surface area contributed by atoms with Gasteiger partial charge in [-0.1, -0.05) is 6.07 Å². The maximum Gasteiger partial charge on any atom is 0.257 e. The van der Waals surface area contributed by atoms with Crippen molar-refractivity contribution in [2.24, 2.45) is 0 Å². The number of hydrogen-bond acceptors (Lipinski definition) is 3. The Hall–Kier alpha value is -2.43. The second kappa shape index (κ2) is 4.83. The highest BCUT2D eigenvalue weighted by molar-refractivity contribution is 6.04. The van der Waals surface area contributed by atoms with Crippen LogP contribution in [0.2, 0.25) is 0 Å². The Morgan fingerprint density at radius 2 is 2.11 bits per heavy atom. The zero-order valence-corrected chi connectivity index (χ0v) is 9.77. The molecule has 4 nitrogen and oxygen atoms in total. The fourth-order valence-corrected chi connectivity index (χ4v) is 1.48. The van der Waals surface area contributed by atoms with Gasteiger partial charge in [0.1, 0.15) is 11.6 Å². The summed E-state index contributed by atoms with van der Waals surface area (Å²) in [5, 5.41) is 2.63. The first-order valence-electron chi connectivity index (χ1n) is 5.36. The number of pyridine rings is 1. The molecule has 0 saturated heterocycles. The van der Waals surface area contributed by atoms with Gasteiger partial charge >= 0.3 is 0 Å². The topological polar surface area (TPSA) is 68.0 Å². The molecule has 1 aromatic carbocycles. The van der Waals surface area contributed by atoms with Gasteiger partial charge in [0.25, 0.3) is 5.91 Å². The summed E-state index contributed by atoms with van der Waals surface area (Å²) in [6.45, 7) is 1.60. The molecule has 0 aliphatic carbocycles. The third-order valence-corrected chi connectivity index (χ3v) is 2.56. The molecule has 0 spiro atoms. The number of halogens is 1. The molecule has 1 heterocycles. The van der Waals surface area contributed by atoms with Gasteiger partial charge in [0.15, 0.2) is 0 Å².